The van der Waals surface area contributed by atoms with Crippen molar-refractivity contribution in [2.75, 3.05) is 13.1 Å². The van der Waals surface area contributed by atoms with Crippen LogP contribution in [0.5, 0.6) is 0 Å². The minimum absolute atomic E-state index is 0.368. The first kappa shape index (κ1) is 10.1. The fourth-order valence-corrected chi connectivity index (χ4v) is 3.33. The number of allylic oxidation sites excluding steroid dienone is 1. The molecule has 1 atom stereocenters. The highest BCUT2D eigenvalue weighted by molar-refractivity contribution is 5.75. The summed E-state index contributed by atoms with van der Waals surface area (Å²) in [6.45, 7) is 6.70. The van der Waals surface area contributed by atoms with Crippen LogP contribution in [0.25, 0.3) is 5.57 Å². The van der Waals surface area contributed by atoms with E-state index in [1.165, 1.54) is 48.9 Å². The minimum atomic E-state index is 0.368. The number of hydrogen-bond acceptors (Lipinski definition) is 1. The fourth-order valence-electron chi connectivity index (χ4n) is 3.33. The van der Waals surface area contributed by atoms with Gasteiger partial charge in [0.2, 0.25) is 0 Å². The molecule has 0 radical (unpaired) electrons. The van der Waals surface area contributed by atoms with Crippen LogP contribution in [0.15, 0.2) is 30.8 Å². The first-order valence-corrected chi connectivity index (χ1v) is 6.30. The Labute approximate surface area is 97.6 Å². The van der Waals surface area contributed by atoms with E-state index in [0.29, 0.717) is 5.41 Å². The molecule has 16 heavy (non-hydrogen) atoms. The van der Waals surface area contributed by atoms with Crippen molar-refractivity contribution < 1.29 is 0 Å². The van der Waals surface area contributed by atoms with Gasteiger partial charge in [-0.05, 0) is 55.5 Å². The van der Waals surface area contributed by atoms with E-state index in [2.05, 4.69) is 36.2 Å². The minimum Gasteiger partial charge on any atom is -0.317 e. The van der Waals surface area contributed by atoms with Crippen LogP contribution >= 0.6 is 0 Å². The van der Waals surface area contributed by atoms with Gasteiger partial charge in [0.15, 0.2) is 0 Å². The third-order valence-electron chi connectivity index (χ3n) is 4.30. The molecule has 1 aromatic carbocycles. The van der Waals surface area contributed by atoms with E-state index in [1.54, 1.807) is 0 Å². The Morgan fingerprint density at radius 2 is 2.00 bits per heavy atom. The van der Waals surface area contributed by atoms with Crippen LogP contribution in [0.2, 0.25) is 0 Å². The molecule has 0 amide bonds. The molecule has 3 rings (SSSR count). The van der Waals surface area contributed by atoms with Gasteiger partial charge in [0.25, 0.3) is 0 Å². The summed E-state index contributed by atoms with van der Waals surface area (Å²) in [4.78, 5) is 0. The van der Waals surface area contributed by atoms with E-state index < -0.39 is 0 Å². The lowest BCUT2D eigenvalue weighted by atomic mass is 9.75. The summed E-state index contributed by atoms with van der Waals surface area (Å²) in [5.41, 5.74) is 4.69. The molecule has 1 aromatic rings. The quantitative estimate of drug-likeness (QED) is 0.698. The molecule has 1 fully saturated rings. The molecular formula is C15H19N. The average molecular weight is 213 g/mol. The Hall–Kier alpha value is -1.08. The highest BCUT2D eigenvalue weighted by Crippen LogP contribution is 2.51. The zero-order chi connectivity index (χ0) is 11.0. The topological polar surface area (TPSA) is 12.0 Å². The summed E-state index contributed by atoms with van der Waals surface area (Å²) >= 11 is 0. The first-order valence-electron chi connectivity index (χ1n) is 6.30. The second kappa shape index (κ2) is 3.74. The highest BCUT2D eigenvalue weighted by Gasteiger charge is 2.40. The van der Waals surface area contributed by atoms with Crippen LogP contribution in [0.1, 0.15) is 30.4 Å². The average Bonchev–Trinajstić information content (AvgIpc) is 2.49. The molecule has 2 aliphatic rings. The van der Waals surface area contributed by atoms with Gasteiger partial charge in [0, 0.05) is 5.41 Å². The van der Waals surface area contributed by atoms with Crippen molar-refractivity contribution in [1.82, 2.24) is 5.32 Å². The van der Waals surface area contributed by atoms with Crippen molar-refractivity contribution in [3.05, 3.63) is 42.0 Å². The van der Waals surface area contributed by atoms with E-state index in [9.17, 15) is 0 Å². The Morgan fingerprint density at radius 3 is 2.88 bits per heavy atom. The highest BCUT2D eigenvalue weighted by atomic mass is 14.9. The van der Waals surface area contributed by atoms with E-state index in [4.69, 9.17) is 0 Å². The van der Waals surface area contributed by atoms with E-state index >= 15 is 0 Å². The predicted octanol–water partition coefficient (Wildman–Crippen LogP) is 3.02. The van der Waals surface area contributed by atoms with E-state index in [0.717, 1.165) is 6.54 Å². The molecule has 0 saturated carbocycles. The van der Waals surface area contributed by atoms with Crippen LogP contribution in [-0.4, -0.2) is 13.1 Å². The molecule has 1 saturated heterocycles. The van der Waals surface area contributed by atoms with Crippen LogP contribution in [0.4, 0.5) is 0 Å². The van der Waals surface area contributed by atoms with Gasteiger partial charge in [-0.25, -0.2) is 0 Å². The third-order valence-corrected chi connectivity index (χ3v) is 4.30. The Balaban J connectivity index is 1.98. The molecule has 1 heterocycles. The standard InChI is InChI=1S/C15H19N/c1-12-14-6-3-2-5-13(14)11-15(12)7-4-9-16-10-8-15/h2-3,5-6,16H,1,4,7-11H2. The molecular weight excluding hydrogens is 194 g/mol. The normalized spacial score (nSPS) is 29.1. The maximum absolute atomic E-state index is 4.39. The summed E-state index contributed by atoms with van der Waals surface area (Å²) in [5, 5.41) is 3.50. The fraction of sp³-hybridized carbons (Fsp3) is 0.467. The van der Waals surface area contributed by atoms with Crippen LogP contribution < -0.4 is 5.32 Å². The van der Waals surface area contributed by atoms with E-state index in [-0.39, 0.29) is 0 Å². The van der Waals surface area contributed by atoms with Crippen LogP contribution in [0.3, 0.4) is 0 Å². The number of nitrogens with one attached hydrogen (secondary N) is 1. The SMILES string of the molecule is C=C1c2ccccc2CC12CCCNCC2. The molecule has 1 heteroatoms. The first-order chi connectivity index (χ1) is 7.82. The summed E-state index contributed by atoms with van der Waals surface area (Å²) in [6, 6.07) is 8.80. The molecule has 1 N–H and O–H groups in total. The molecule has 1 aliphatic heterocycles. The smallest absolute Gasteiger partial charge is 0.000625 e. The van der Waals surface area contributed by atoms with Crippen molar-refractivity contribution in [2.24, 2.45) is 5.41 Å². The number of fused-ring (bicyclic) bond motifs is 1. The van der Waals surface area contributed by atoms with Crippen LogP contribution in [-0.2, 0) is 6.42 Å². The monoisotopic (exact) mass is 213 g/mol. The molecule has 1 spiro atoms. The number of rotatable bonds is 0. The van der Waals surface area contributed by atoms with Crippen molar-refractivity contribution >= 4 is 5.57 Å². The van der Waals surface area contributed by atoms with Gasteiger partial charge >= 0.3 is 0 Å². The van der Waals surface area contributed by atoms with Gasteiger partial charge in [-0.3, -0.25) is 0 Å². The van der Waals surface area contributed by atoms with Crippen LogP contribution in [0, 0.1) is 5.41 Å². The summed E-state index contributed by atoms with van der Waals surface area (Å²) in [5.74, 6) is 0. The second-order valence-corrected chi connectivity index (χ2v) is 5.20. The number of benzene rings is 1. The van der Waals surface area contributed by atoms with Gasteiger partial charge in [-0.2, -0.15) is 0 Å². The maximum atomic E-state index is 4.39. The van der Waals surface area contributed by atoms with Crippen molar-refractivity contribution in [2.45, 2.75) is 25.7 Å². The van der Waals surface area contributed by atoms with Crippen molar-refractivity contribution in [3.8, 4) is 0 Å². The summed E-state index contributed by atoms with van der Waals surface area (Å²) in [6.07, 6.45) is 5.05. The lowest BCUT2D eigenvalue weighted by Gasteiger charge is -2.28. The molecule has 1 aliphatic carbocycles. The van der Waals surface area contributed by atoms with Gasteiger partial charge in [0.05, 0.1) is 0 Å². The number of hydrogen-bond donors (Lipinski definition) is 1. The van der Waals surface area contributed by atoms with E-state index in [1.807, 2.05) is 0 Å². The maximum Gasteiger partial charge on any atom is 0.000625 e. The molecule has 0 bridgehead atoms. The van der Waals surface area contributed by atoms with Crippen molar-refractivity contribution in [3.63, 3.8) is 0 Å². The molecule has 0 aromatic heterocycles. The lowest BCUT2D eigenvalue weighted by molar-refractivity contribution is 0.367. The lowest BCUT2D eigenvalue weighted by Crippen LogP contribution is -2.22. The Bertz CT molecular complexity index is 411. The second-order valence-electron chi connectivity index (χ2n) is 5.20. The van der Waals surface area contributed by atoms with Gasteiger partial charge in [-0.1, -0.05) is 30.8 Å². The summed E-state index contributed by atoms with van der Waals surface area (Å²) in [7, 11) is 0. The van der Waals surface area contributed by atoms with Gasteiger partial charge < -0.3 is 5.32 Å². The molecule has 1 unspecified atom stereocenters. The Morgan fingerprint density at radius 1 is 1.12 bits per heavy atom. The molecule has 84 valence electrons. The summed E-state index contributed by atoms with van der Waals surface area (Å²) < 4.78 is 0. The van der Waals surface area contributed by atoms with Gasteiger partial charge in [-0.15, -0.1) is 0 Å². The zero-order valence-electron chi connectivity index (χ0n) is 9.76. The van der Waals surface area contributed by atoms with Gasteiger partial charge in [0.1, 0.15) is 0 Å². The largest absolute Gasteiger partial charge is 0.317 e. The Kier molecular flexibility index (Phi) is 2.36. The predicted molar refractivity (Wildman–Crippen MR) is 68.3 cm³/mol. The zero-order valence-corrected chi connectivity index (χ0v) is 9.76. The molecule has 1 nitrogen and oxygen atoms in total. The third kappa shape index (κ3) is 1.42. The van der Waals surface area contributed by atoms with Crippen molar-refractivity contribution in [1.29, 1.82) is 0 Å².